The molecule has 0 saturated carbocycles. The zero-order chi connectivity index (χ0) is 42.6. The number of rotatable bonds is 6. The average Bonchev–Trinajstić information content (AvgIpc) is 4.12. The number of pyridine rings is 1. The Morgan fingerprint density at radius 3 is 1.63 bits per heavy atom. The van der Waals surface area contributed by atoms with Gasteiger partial charge in [0.25, 0.3) is 0 Å². The Morgan fingerprint density at radius 1 is 0.369 bits per heavy atom. The Balaban J connectivity index is 0.965. The van der Waals surface area contributed by atoms with Gasteiger partial charge < -0.3 is 18.5 Å². The van der Waals surface area contributed by atoms with E-state index in [-0.39, 0.29) is 0 Å². The van der Waals surface area contributed by atoms with Gasteiger partial charge in [0.1, 0.15) is 11.2 Å². The molecule has 5 heterocycles. The fourth-order valence-electron chi connectivity index (χ4n) is 10.2. The van der Waals surface area contributed by atoms with Gasteiger partial charge in [-0.25, -0.2) is 0 Å². The van der Waals surface area contributed by atoms with Crippen LogP contribution in [-0.2, 0) is 0 Å². The highest BCUT2D eigenvalue weighted by Crippen LogP contribution is 2.44. The van der Waals surface area contributed by atoms with Crippen molar-refractivity contribution < 1.29 is 4.42 Å². The van der Waals surface area contributed by atoms with Crippen molar-refractivity contribution in [3.63, 3.8) is 0 Å². The van der Waals surface area contributed by atoms with Crippen molar-refractivity contribution >= 4 is 114 Å². The molecule has 0 amide bonds. The van der Waals surface area contributed by atoms with Crippen molar-refractivity contribution in [1.82, 2.24) is 14.1 Å². The van der Waals surface area contributed by atoms with E-state index in [1.165, 1.54) is 53.0 Å². The van der Waals surface area contributed by atoms with Crippen LogP contribution in [-0.4, -0.2) is 14.1 Å². The Labute approximate surface area is 376 Å². The number of benzene rings is 9. The lowest BCUT2D eigenvalue weighted by atomic mass is 10.0. The Hall–Kier alpha value is -8.45. The summed E-state index contributed by atoms with van der Waals surface area (Å²) < 4.78 is 13.5. The monoisotopic (exact) mass is 848 g/mol. The van der Waals surface area contributed by atoms with E-state index in [1.54, 1.807) is 11.3 Å². The molecule has 0 aliphatic carbocycles. The maximum Gasteiger partial charge on any atom is 0.135 e. The van der Waals surface area contributed by atoms with Crippen molar-refractivity contribution in [3.8, 4) is 22.5 Å². The minimum Gasteiger partial charge on any atom is -0.456 e. The van der Waals surface area contributed by atoms with Gasteiger partial charge in [0, 0.05) is 77.0 Å². The van der Waals surface area contributed by atoms with E-state index < -0.39 is 0 Å². The van der Waals surface area contributed by atoms with Crippen molar-refractivity contribution in [1.29, 1.82) is 0 Å². The normalized spacial score (nSPS) is 12.0. The Morgan fingerprint density at radius 2 is 0.923 bits per heavy atom. The van der Waals surface area contributed by atoms with Gasteiger partial charge in [-0.3, -0.25) is 4.98 Å². The van der Waals surface area contributed by atoms with E-state index in [2.05, 4.69) is 208 Å². The molecule has 0 spiro atoms. The number of hydrogen-bond acceptors (Lipinski definition) is 4. The molecule has 0 aliphatic heterocycles. The summed E-state index contributed by atoms with van der Waals surface area (Å²) in [5, 5.41) is 8.20. The molecule has 0 saturated heterocycles. The van der Waals surface area contributed by atoms with Crippen LogP contribution in [0.5, 0.6) is 0 Å². The number of hydrogen-bond donors (Lipinski definition) is 0. The van der Waals surface area contributed by atoms with E-state index in [0.717, 1.165) is 72.4 Å². The molecule has 9 aromatic carbocycles. The second-order valence-electron chi connectivity index (χ2n) is 16.8. The lowest BCUT2D eigenvalue weighted by Gasteiger charge is -2.26. The molecular weight excluding hydrogens is 813 g/mol. The molecule has 0 unspecified atom stereocenters. The molecule has 0 bridgehead atoms. The van der Waals surface area contributed by atoms with Crippen LogP contribution < -0.4 is 4.90 Å². The summed E-state index contributed by atoms with van der Waals surface area (Å²) in [5.41, 5.74) is 15.3. The smallest absolute Gasteiger partial charge is 0.135 e. The molecule has 0 N–H and O–H groups in total. The van der Waals surface area contributed by atoms with Gasteiger partial charge >= 0.3 is 0 Å². The summed E-state index contributed by atoms with van der Waals surface area (Å²) in [7, 11) is 0. The molecule has 0 aliphatic rings. The summed E-state index contributed by atoms with van der Waals surface area (Å²) in [4.78, 5) is 7.20. The zero-order valence-corrected chi connectivity index (χ0v) is 35.7. The quantitative estimate of drug-likeness (QED) is 0.167. The van der Waals surface area contributed by atoms with Gasteiger partial charge in [-0.15, -0.1) is 11.3 Å². The van der Waals surface area contributed by atoms with Crippen LogP contribution in [0.2, 0.25) is 0 Å². The van der Waals surface area contributed by atoms with Crippen LogP contribution in [0.3, 0.4) is 0 Å². The van der Waals surface area contributed by atoms with Crippen LogP contribution in [0.1, 0.15) is 0 Å². The van der Waals surface area contributed by atoms with E-state index >= 15 is 0 Å². The van der Waals surface area contributed by atoms with Crippen LogP contribution >= 0.6 is 11.3 Å². The molecule has 5 nitrogen and oxygen atoms in total. The van der Waals surface area contributed by atoms with Crippen LogP contribution in [0, 0.1) is 0 Å². The summed E-state index contributed by atoms with van der Waals surface area (Å²) in [5.74, 6) is 0. The standard InChI is InChI=1S/C59H36N4OS/c1-2-11-37(12-3-1)38-20-22-39(23-21-38)61(40-24-28-53-47(33-40)44-13-4-7-16-51(44)62(53)42-26-30-56-49(35-42)46-15-6-9-18-55(46)64-56)41-25-29-54-48(34-41)45-14-5-8-17-52(45)63(54)43-27-31-57-50(36-43)59-58(65-57)19-10-32-60-59/h1-36H. The van der Waals surface area contributed by atoms with E-state index in [9.17, 15) is 0 Å². The highest BCUT2D eigenvalue weighted by atomic mass is 32.1. The summed E-state index contributed by atoms with van der Waals surface area (Å²) in [6.45, 7) is 0. The number of anilines is 3. The van der Waals surface area contributed by atoms with Crippen molar-refractivity contribution in [3.05, 3.63) is 219 Å². The third kappa shape index (κ3) is 5.54. The molecule has 14 aromatic rings. The molecule has 65 heavy (non-hydrogen) atoms. The summed E-state index contributed by atoms with van der Waals surface area (Å²) in [6.07, 6.45) is 1.89. The Kier molecular flexibility index (Phi) is 7.79. The number of fused-ring (bicyclic) bond motifs is 12. The largest absolute Gasteiger partial charge is 0.456 e. The zero-order valence-electron chi connectivity index (χ0n) is 34.9. The first-order valence-electron chi connectivity index (χ1n) is 21.9. The second-order valence-corrected chi connectivity index (χ2v) is 17.9. The van der Waals surface area contributed by atoms with Crippen molar-refractivity contribution in [2.75, 3.05) is 4.90 Å². The SMILES string of the molecule is c1ccc(-c2ccc(N(c3ccc4c(c3)c3ccccc3n4-c3ccc4oc5ccccc5c4c3)c3ccc4c(c3)c3ccccc3n4-c3ccc4sc5cccnc5c4c3)cc2)cc1. The van der Waals surface area contributed by atoms with E-state index in [0.29, 0.717) is 0 Å². The lowest BCUT2D eigenvalue weighted by Crippen LogP contribution is -2.10. The lowest BCUT2D eigenvalue weighted by molar-refractivity contribution is 0.669. The van der Waals surface area contributed by atoms with Gasteiger partial charge in [0.15, 0.2) is 0 Å². The van der Waals surface area contributed by atoms with Crippen molar-refractivity contribution in [2.24, 2.45) is 0 Å². The first-order chi connectivity index (χ1) is 32.2. The molecule has 6 heteroatoms. The molecule has 0 atom stereocenters. The molecule has 0 radical (unpaired) electrons. The van der Waals surface area contributed by atoms with Crippen LogP contribution in [0.15, 0.2) is 223 Å². The van der Waals surface area contributed by atoms with Crippen LogP contribution in [0.4, 0.5) is 17.1 Å². The predicted octanol–water partition coefficient (Wildman–Crippen LogP) is 16.7. The summed E-state index contributed by atoms with van der Waals surface area (Å²) >= 11 is 1.80. The maximum absolute atomic E-state index is 6.24. The van der Waals surface area contributed by atoms with Gasteiger partial charge in [-0.1, -0.05) is 97.1 Å². The predicted molar refractivity (Wildman–Crippen MR) is 273 cm³/mol. The second kappa shape index (κ2) is 14.0. The van der Waals surface area contributed by atoms with E-state index in [4.69, 9.17) is 9.40 Å². The first-order valence-corrected chi connectivity index (χ1v) is 22.7. The molecule has 5 aromatic heterocycles. The number of para-hydroxylation sites is 3. The minimum absolute atomic E-state index is 0.890. The van der Waals surface area contributed by atoms with E-state index in [1.807, 2.05) is 24.4 Å². The molecule has 0 fully saturated rings. The van der Waals surface area contributed by atoms with Crippen LogP contribution in [0.25, 0.3) is 108 Å². The van der Waals surface area contributed by atoms with Gasteiger partial charge in [0.05, 0.1) is 32.3 Å². The number of thiophene rings is 1. The topological polar surface area (TPSA) is 39.1 Å². The third-order valence-electron chi connectivity index (χ3n) is 13.1. The third-order valence-corrected chi connectivity index (χ3v) is 14.3. The summed E-state index contributed by atoms with van der Waals surface area (Å²) in [6, 6.07) is 76.8. The first kappa shape index (κ1) is 36.1. The number of nitrogens with zero attached hydrogens (tertiary/aromatic N) is 4. The fourth-order valence-corrected chi connectivity index (χ4v) is 11.3. The maximum atomic E-state index is 6.24. The number of furan rings is 1. The van der Waals surface area contributed by atoms with Gasteiger partial charge in [0.2, 0.25) is 0 Å². The molecule has 304 valence electrons. The molecular formula is C59H36N4OS. The highest BCUT2D eigenvalue weighted by Gasteiger charge is 2.21. The van der Waals surface area contributed by atoms with Gasteiger partial charge in [-0.05, 0) is 126 Å². The number of aromatic nitrogens is 3. The Bertz CT molecular complexity index is 3960. The fraction of sp³-hybridized carbons (Fsp3) is 0. The highest BCUT2D eigenvalue weighted by molar-refractivity contribution is 7.25. The molecule has 14 rings (SSSR count). The average molecular weight is 849 g/mol. The van der Waals surface area contributed by atoms with Crippen molar-refractivity contribution in [2.45, 2.75) is 0 Å². The minimum atomic E-state index is 0.890. The van der Waals surface area contributed by atoms with Gasteiger partial charge in [-0.2, -0.15) is 0 Å².